The summed E-state index contributed by atoms with van der Waals surface area (Å²) in [5.74, 6) is 0.140. The van der Waals surface area contributed by atoms with Crippen molar-refractivity contribution in [3.63, 3.8) is 0 Å². The molecule has 1 N–H and O–H groups in total. The smallest absolute Gasteiger partial charge is 0.164 e. The van der Waals surface area contributed by atoms with Gasteiger partial charge in [0.2, 0.25) is 0 Å². The standard InChI is InChI=1S/C21H32O4/c1-13-16(23)14(2)21(10-9-20(25-21)11-15(22)24-12-20)19(5)8-6-7-18(3,4)17(13)19/h14-15,17,22H,1,6-12H2,2-5H3/t14-,15-,17+,19+,20-,21-/m1/s1. The molecule has 0 amide bonds. The van der Waals surface area contributed by atoms with Crippen LogP contribution in [0.2, 0.25) is 0 Å². The number of allylic oxidation sites excluding steroid dienone is 1. The van der Waals surface area contributed by atoms with Crippen LogP contribution in [-0.4, -0.2) is 35.0 Å². The van der Waals surface area contributed by atoms with Crippen molar-refractivity contribution in [1.29, 1.82) is 0 Å². The maximum Gasteiger partial charge on any atom is 0.164 e. The molecule has 2 aliphatic heterocycles. The molecule has 4 aliphatic rings. The average molecular weight is 348 g/mol. The van der Waals surface area contributed by atoms with E-state index < -0.39 is 17.5 Å². The largest absolute Gasteiger partial charge is 0.368 e. The third-order valence-corrected chi connectivity index (χ3v) is 8.10. The molecule has 140 valence electrons. The fourth-order valence-electron chi connectivity index (χ4n) is 7.04. The van der Waals surface area contributed by atoms with Crippen LogP contribution >= 0.6 is 0 Å². The van der Waals surface area contributed by atoms with E-state index in [9.17, 15) is 9.90 Å². The van der Waals surface area contributed by atoms with E-state index in [4.69, 9.17) is 9.47 Å². The summed E-state index contributed by atoms with van der Waals surface area (Å²) in [4.78, 5) is 13.2. The number of ketones is 1. The number of rotatable bonds is 0. The number of fused-ring (bicyclic) bond motifs is 2. The predicted octanol–water partition coefficient (Wildman–Crippen LogP) is 3.62. The molecule has 6 atom stereocenters. The Morgan fingerprint density at radius 1 is 1.16 bits per heavy atom. The first-order valence-corrected chi connectivity index (χ1v) is 9.80. The van der Waals surface area contributed by atoms with Crippen LogP contribution in [0.5, 0.6) is 0 Å². The van der Waals surface area contributed by atoms with Gasteiger partial charge in [-0.1, -0.05) is 40.7 Å². The molecule has 0 bridgehead atoms. The van der Waals surface area contributed by atoms with E-state index in [1.165, 1.54) is 0 Å². The first kappa shape index (κ1) is 17.7. The Morgan fingerprint density at radius 2 is 1.88 bits per heavy atom. The van der Waals surface area contributed by atoms with Crippen molar-refractivity contribution in [2.75, 3.05) is 6.61 Å². The Bertz CT molecular complexity index is 625. The molecule has 2 saturated heterocycles. The number of Topliss-reactive ketones (excluding diaryl/α,β-unsaturated/α-hetero) is 1. The van der Waals surface area contributed by atoms with E-state index in [2.05, 4.69) is 27.4 Å². The summed E-state index contributed by atoms with van der Waals surface area (Å²) in [5, 5.41) is 9.90. The summed E-state index contributed by atoms with van der Waals surface area (Å²) in [6.07, 6.45) is 4.84. The van der Waals surface area contributed by atoms with Crippen molar-refractivity contribution < 1.29 is 19.4 Å². The van der Waals surface area contributed by atoms with Crippen LogP contribution in [0.15, 0.2) is 12.2 Å². The quantitative estimate of drug-likeness (QED) is 0.679. The highest BCUT2D eigenvalue weighted by molar-refractivity contribution is 5.99. The number of aliphatic hydroxyl groups is 1. The molecule has 0 aromatic heterocycles. The minimum absolute atomic E-state index is 0.0533. The van der Waals surface area contributed by atoms with Crippen molar-refractivity contribution in [2.24, 2.45) is 22.7 Å². The molecule has 0 aromatic carbocycles. The van der Waals surface area contributed by atoms with Gasteiger partial charge in [0.15, 0.2) is 12.1 Å². The van der Waals surface area contributed by atoms with Gasteiger partial charge in [-0.2, -0.15) is 0 Å². The lowest BCUT2D eigenvalue weighted by Gasteiger charge is -2.63. The Morgan fingerprint density at radius 3 is 2.52 bits per heavy atom. The normalized spacial score (nSPS) is 52.1. The lowest BCUT2D eigenvalue weighted by molar-refractivity contribution is -0.228. The fourth-order valence-corrected chi connectivity index (χ4v) is 7.04. The van der Waals surface area contributed by atoms with Gasteiger partial charge in [-0.3, -0.25) is 4.79 Å². The van der Waals surface area contributed by atoms with Gasteiger partial charge in [0, 0.05) is 23.7 Å². The number of carbonyl (C=O) groups excluding carboxylic acids is 1. The van der Waals surface area contributed by atoms with E-state index in [1.807, 2.05) is 6.92 Å². The molecule has 2 heterocycles. The summed E-state index contributed by atoms with van der Waals surface area (Å²) < 4.78 is 12.3. The zero-order valence-corrected chi connectivity index (χ0v) is 16.1. The fraction of sp³-hybridized carbons (Fsp3) is 0.857. The van der Waals surface area contributed by atoms with Gasteiger partial charge < -0.3 is 14.6 Å². The topological polar surface area (TPSA) is 55.8 Å². The highest BCUT2D eigenvalue weighted by Crippen LogP contribution is 2.68. The molecule has 2 spiro atoms. The lowest BCUT2D eigenvalue weighted by atomic mass is 9.43. The summed E-state index contributed by atoms with van der Waals surface area (Å²) in [7, 11) is 0. The van der Waals surface area contributed by atoms with Crippen LogP contribution in [0.4, 0.5) is 0 Å². The second kappa shape index (κ2) is 5.17. The third-order valence-electron chi connectivity index (χ3n) is 8.10. The molecule has 0 unspecified atom stereocenters. The van der Waals surface area contributed by atoms with Crippen molar-refractivity contribution in [3.8, 4) is 0 Å². The van der Waals surface area contributed by atoms with E-state index in [0.29, 0.717) is 13.0 Å². The van der Waals surface area contributed by atoms with Crippen LogP contribution < -0.4 is 0 Å². The zero-order chi connectivity index (χ0) is 18.3. The maximum atomic E-state index is 13.2. The van der Waals surface area contributed by atoms with Gasteiger partial charge in [-0.05, 0) is 36.7 Å². The number of hydrogen-bond acceptors (Lipinski definition) is 4. The van der Waals surface area contributed by atoms with Crippen molar-refractivity contribution in [3.05, 3.63) is 12.2 Å². The molecular weight excluding hydrogens is 316 g/mol. The summed E-state index contributed by atoms with van der Waals surface area (Å²) in [5.41, 5.74) is -0.144. The second-order valence-corrected chi connectivity index (χ2v) is 9.95. The average Bonchev–Trinajstić information content (AvgIpc) is 3.08. The predicted molar refractivity (Wildman–Crippen MR) is 94.9 cm³/mol. The monoisotopic (exact) mass is 348 g/mol. The van der Waals surface area contributed by atoms with Crippen LogP contribution in [0.25, 0.3) is 0 Å². The SMILES string of the molecule is C=C1C(=O)[C@@H](C)[C@]2(CC[C@@]3(CO[C@@H](O)C3)O2)[C@@]2(C)CCCC(C)(C)[C@H]12. The number of ether oxygens (including phenoxy) is 2. The zero-order valence-electron chi connectivity index (χ0n) is 16.1. The Kier molecular flexibility index (Phi) is 3.66. The van der Waals surface area contributed by atoms with E-state index in [-0.39, 0.29) is 28.4 Å². The van der Waals surface area contributed by atoms with Crippen LogP contribution in [0.1, 0.15) is 66.2 Å². The molecule has 25 heavy (non-hydrogen) atoms. The highest BCUT2D eigenvalue weighted by atomic mass is 16.6. The van der Waals surface area contributed by atoms with Gasteiger partial charge in [0.05, 0.1) is 17.8 Å². The first-order chi connectivity index (χ1) is 11.6. The first-order valence-electron chi connectivity index (χ1n) is 9.80. The van der Waals surface area contributed by atoms with Crippen LogP contribution in [-0.2, 0) is 14.3 Å². The molecule has 0 aromatic rings. The Labute approximate surface area is 151 Å². The number of hydrogen-bond donors (Lipinski definition) is 1. The Balaban J connectivity index is 1.81. The molecule has 4 rings (SSSR count). The molecule has 4 heteroatoms. The van der Waals surface area contributed by atoms with Gasteiger partial charge in [0.1, 0.15) is 0 Å². The third kappa shape index (κ3) is 2.14. The molecule has 4 fully saturated rings. The molecule has 4 nitrogen and oxygen atoms in total. The second-order valence-electron chi connectivity index (χ2n) is 9.95. The van der Waals surface area contributed by atoms with E-state index >= 15 is 0 Å². The summed E-state index contributed by atoms with van der Waals surface area (Å²) >= 11 is 0. The van der Waals surface area contributed by atoms with Gasteiger partial charge in [0.25, 0.3) is 0 Å². The van der Waals surface area contributed by atoms with Crippen molar-refractivity contribution >= 4 is 5.78 Å². The van der Waals surface area contributed by atoms with E-state index in [0.717, 1.165) is 37.7 Å². The summed E-state index contributed by atoms with van der Waals surface area (Å²) in [6, 6.07) is 0. The van der Waals surface area contributed by atoms with Gasteiger partial charge in [-0.25, -0.2) is 0 Å². The van der Waals surface area contributed by atoms with Gasteiger partial charge in [-0.15, -0.1) is 0 Å². The minimum atomic E-state index is -0.744. The number of aliphatic hydroxyl groups excluding tert-OH is 1. The molecule has 2 saturated carbocycles. The molecular formula is C21H32O4. The van der Waals surface area contributed by atoms with E-state index in [1.54, 1.807) is 0 Å². The number of carbonyl (C=O) groups is 1. The maximum absolute atomic E-state index is 13.2. The van der Waals surface area contributed by atoms with Gasteiger partial charge >= 0.3 is 0 Å². The summed E-state index contributed by atoms with van der Waals surface area (Å²) in [6.45, 7) is 13.6. The van der Waals surface area contributed by atoms with Crippen LogP contribution in [0.3, 0.4) is 0 Å². The van der Waals surface area contributed by atoms with Crippen molar-refractivity contribution in [1.82, 2.24) is 0 Å². The lowest BCUT2D eigenvalue weighted by Crippen LogP contribution is -2.66. The minimum Gasteiger partial charge on any atom is -0.368 e. The van der Waals surface area contributed by atoms with Crippen LogP contribution in [0, 0.1) is 22.7 Å². The molecule has 0 radical (unpaired) electrons. The molecule has 2 aliphatic carbocycles. The highest BCUT2D eigenvalue weighted by Gasteiger charge is 2.70. The van der Waals surface area contributed by atoms with Crippen molar-refractivity contribution in [2.45, 2.75) is 83.7 Å². The Hall–Kier alpha value is -0.710.